The van der Waals surface area contributed by atoms with Gasteiger partial charge in [0.05, 0.1) is 0 Å². The summed E-state index contributed by atoms with van der Waals surface area (Å²) in [6, 6.07) is 0.461. The molecule has 1 fully saturated rings. The Morgan fingerprint density at radius 2 is 1.85 bits per heavy atom. The van der Waals surface area contributed by atoms with Gasteiger partial charge in [0, 0.05) is 19.5 Å². The van der Waals surface area contributed by atoms with Crippen molar-refractivity contribution in [3.8, 4) is 0 Å². The number of nitrogens with two attached hydrogens (primary N) is 1. The first-order valence-electron chi connectivity index (χ1n) is 8.43. The maximum Gasteiger partial charge on any atom is 0.222 e. The Balaban J connectivity index is 2.42. The Kier molecular flexibility index (Phi) is 7.57. The fraction of sp³-hybridized carbons (Fsp3) is 0.941. The number of amides is 1. The van der Waals surface area contributed by atoms with Crippen LogP contribution in [0.3, 0.4) is 0 Å². The standard InChI is InChI=1S/C17H34N2O/c1-5-14-6-8-16(9-7-14)19(4)17(20)11-15(12-18)10-13(2)3/h13-16H,5-12,18H2,1-4H3/t14?,15-,16?/m0/s1. The van der Waals surface area contributed by atoms with E-state index >= 15 is 0 Å². The molecule has 0 aliphatic heterocycles. The van der Waals surface area contributed by atoms with Gasteiger partial charge in [-0.3, -0.25) is 4.79 Å². The highest BCUT2D eigenvalue weighted by Gasteiger charge is 2.26. The first kappa shape index (κ1) is 17.5. The van der Waals surface area contributed by atoms with Gasteiger partial charge in [0.25, 0.3) is 0 Å². The predicted molar refractivity (Wildman–Crippen MR) is 85.4 cm³/mol. The number of hydrogen-bond acceptors (Lipinski definition) is 2. The Labute approximate surface area is 125 Å². The zero-order valence-electron chi connectivity index (χ0n) is 13.9. The summed E-state index contributed by atoms with van der Waals surface area (Å²) in [4.78, 5) is 14.4. The molecule has 3 nitrogen and oxygen atoms in total. The average Bonchev–Trinajstić information content (AvgIpc) is 2.45. The second kappa shape index (κ2) is 8.66. The van der Waals surface area contributed by atoms with Gasteiger partial charge < -0.3 is 10.6 Å². The fourth-order valence-corrected chi connectivity index (χ4v) is 3.46. The summed E-state index contributed by atoms with van der Waals surface area (Å²) in [7, 11) is 1.99. The van der Waals surface area contributed by atoms with Gasteiger partial charge >= 0.3 is 0 Å². The SMILES string of the molecule is CCC1CCC(N(C)C(=O)C[C@@H](CN)CC(C)C)CC1. The molecule has 1 rings (SSSR count). The molecule has 1 aliphatic rings. The van der Waals surface area contributed by atoms with Crippen molar-refractivity contribution in [3.05, 3.63) is 0 Å². The maximum atomic E-state index is 12.4. The van der Waals surface area contributed by atoms with E-state index in [1.54, 1.807) is 0 Å². The minimum Gasteiger partial charge on any atom is -0.343 e. The van der Waals surface area contributed by atoms with E-state index in [4.69, 9.17) is 5.73 Å². The van der Waals surface area contributed by atoms with E-state index in [9.17, 15) is 4.79 Å². The molecule has 0 unspecified atom stereocenters. The maximum absolute atomic E-state index is 12.4. The van der Waals surface area contributed by atoms with Crippen molar-refractivity contribution in [2.75, 3.05) is 13.6 Å². The Morgan fingerprint density at radius 1 is 1.25 bits per heavy atom. The molecule has 3 heteroatoms. The smallest absolute Gasteiger partial charge is 0.222 e. The lowest BCUT2D eigenvalue weighted by molar-refractivity contribution is -0.133. The van der Waals surface area contributed by atoms with Crippen molar-refractivity contribution >= 4 is 5.91 Å². The predicted octanol–water partition coefficient (Wildman–Crippen LogP) is 3.42. The van der Waals surface area contributed by atoms with Crippen LogP contribution in [0.5, 0.6) is 0 Å². The van der Waals surface area contributed by atoms with Crippen molar-refractivity contribution < 1.29 is 4.79 Å². The molecular formula is C17H34N2O. The van der Waals surface area contributed by atoms with Crippen molar-refractivity contribution in [2.24, 2.45) is 23.5 Å². The molecule has 1 amide bonds. The highest BCUT2D eigenvalue weighted by atomic mass is 16.2. The minimum absolute atomic E-state index is 0.293. The lowest BCUT2D eigenvalue weighted by Gasteiger charge is -2.35. The van der Waals surface area contributed by atoms with Crippen LogP contribution >= 0.6 is 0 Å². The summed E-state index contributed by atoms with van der Waals surface area (Å²) in [5.74, 6) is 2.13. The molecule has 1 saturated carbocycles. The third-order valence-electron chi connectivity index (χ3n) is 4.94. The van der Waals surface area contributed by atoms with Crippen LogP contribution in [0.4, 0.5) is 0 Å². The number of hydrogen-bond donors (Lipinski definition) is 1. The van der Waals surface area contributed by atoms with E-state index in [1.807, 2.05) is 11.9 Å². The first-order chi connectivity index (χ1) is 9.47. The van der Waals surface area contributed by atoms with Crippen molar-refractivity contribution in [2.45, 2.75) is 71.8 Å². The van der Waals surface area contributed by atoms with Gasteiger partial charge in [-0.05, 0) is 56.4 Å². The van der Waals surface area contributed by atoms with Gasteiger partial charge in [0.2, 0.25) is 5.91 Å². The molecule has 0 aromatic rings. The molecule has 118 valence electrons. The molecule has 0 aromatic heterocycles. The third kappa shape index (κ3) is 5.43. The molecule has 0 aromatic carbocycles. The van der Waals surface area contributed by atoms with E-state index in [0.29, 0.717) is 36.8 Å². The number of carbonyl (C=O) groups is 1. The largest absolute Gasteiger partial charge is 0.343 e. The summed E-state index contributed by atoms with van der Waals surface area (Å²) in [5.41, 5.74) is 5.81. The van der Waals surface area contributed by atoms with Crippen LogP contribution in [-0.2, 0) is 4.79 Å². The molecule has 1 aliphatic carbocycles. The zero-order chi connectivity index (χ0) is 15.1. The van der Waals surface area contributed by atoms with Gasteiger partial charge in [-0.15, -0.1) is 0 Å². The first-order valence-corrected chi connectivity index (χ1v) is 8.43. The van der Waals surface area contributed by atoms with Gasteiger partial charge in [-0.2, -0.15) is 0 Å². The van der Waals surface area contributed by atoms with Crippen LogP contribution in [-0.4, -0.2) is 30.4 Å². The minimum atomic E-state index is 0.293. The van der Waals surface area contributed by atoms with E-state index in [1.165, 1.54) is 32.1 Å². The van der Waals surface area contributed by atoms with Crippen LogP contribution in [0, 0.1) is 17.8 Å². The van der Waals surface area contributed by atoms with Crippen molar-refractivity contribution in [3.63, 3.8) is 0 Å². The number of nitrogens with zero attached hydrogens (tertiary/aromatic N) is 1. The molecule has 0 radical (unpaired) electrons. The van der Waals surface area contributed by atoms with E-state index in [2.05, 4.69) is 20.8 Å². The van der Waals surface area contributed by atoms with Gasteiger partial charge in [0.1, 0.15) is 0 Å². The van der Waals surface area contributed by atoms with Gasteiger partial charge in [-0.1, -0.05) is 27.2 Å². The van der Waals surface area contributed by atoms with Gasteiger partial charge in [-0.25, -0.2) is 0 Å². The Morgan fingerprint density at radius 3 is 2.30 bits per heavy atom. The Hall–Kier alpha value is -0.570. The summed E-state index contributed by atoms with van der Waals surface area (Å²) in [6.45, 7) is 7.30. The molecule has 0 bridgehead atoms. The van der Waals surface area contributed by atoms with E-state index < -0.39 is 0 Å². The normalized spacial score (nSPS) is 24.7. The molecular weight excluding hydrogens is 248 g/mol. The quantitative estimate of drug-likeness (QED) is 0.777. The summed E-state index contributed by atoms with van der Waals surface area (Å²) in [6.07, 6.45) is 7.89. The zero-order valence-corrected chi connectivity index (χ0v) is 13.9. The van der Waals surface area contributed by atoms with Crippen LogP contribution in [0.15, 0.2) is 0 Å². The van der Waals surface area contributed by atoms with Crippen LogP contribution in [0.1, 0.15) is 65.7 Å². The highest BCUT2D eigenvalue weighted by molar-refractivity contribution is 5.76. The average molecular weight is 282 g/mol. The summed E-state index contributed by atoms with van der Waals surface area (Å²) >= 11 is 0. The monoisotopic (exact) mass is 282 g/mol. The molecule has 0 spiro atoms. The van der Waals surface area contributed by atoms with E-state index in [0.717, 1.165) is 12.3 Å². The summed E-state index contributed by atoms with van der Waals surface area (Å²) < 4.78 is 0. The molecule has 1 atom stereocenters. The van der Waals surface area contributed by atoms with E-state index in [-0.39, 0.29) is 0 Å². The van der Waals surface area contributed by atoms with Crippen molar-refractivity contribution in [1.29, 1.82) is 0 Å². The third-order valence-corrected chi connectivity index (χ3v) is 4.94. The Bertz CT molecular complexity index is 283. The van der Waals surface area contributed by atoms with Crippen LogP contribution in [0.25, 0.3) is 0 Å². The van der Waals surface area contributed by atoms with Gasteiger partial charge in [0.15, 0.2) is 0 Å². The topological polar surface area (TPSA) is 46.3 Å². The molecule has 0 heterocycles. The van der Waals surface area contributed by atoms with Crippen molar-refractivity contribution in [1.82, 2.24) is 4.90 Å². The lowest BCUT2D eigenvalue weighted by atomic mass is 9.84. The van der Waals surface area contributed by atoms with Crippen LogP contribution in [0.2, 0.25) is 0 Å². The molecule has 2 N–H and O–H groups in total. The lowest BCUT2D eigenvalue weighted by Crippen LogP contribution is -2.40. The summed E-state index contributed by atoms with van der Waals surface area (Å²) in [5, 5.41) is 0. The molecule has 20 heavy (non-hydrogen) atoms. The number of rotatable bonds is 7. The van der Waals surface area contributed by atoms with Crippen LogP contribution < -0.4 is 5.73 Å². The second-order valence-corrected chi connectivity index (χ2v) is 7.02. The fourth-order valence-electron chi connectivity index (χ4n) is 3.46. The second-order valence-electron chi connectivity index (χ2n) is 7.02. The number of carbonyl (C=O) groups excluding carboxylic acids is 1. The highest BCUT2D eigenvalue weighted by Crippen LogP contribution is 2.29. The molecule has 0 saturated heterocycles.